The standard InChI is InChI=1S/C17H22N2OS.ClH/c18-15-5-1-4-14(10-15)11-19(12-16-6-2-8-20-16)13-17-7-3-9-21-17;/h1,3-5,7,9-10,16H,2,6,8,11-13,18H2;1H. The van der Waals surface area contributed by atoms with E-state index in [2.05, 4.69) is 34.5 Å². The zero-order valence-electron chi connectivity index (χ0n) is 12.6. The SMILES string of the molecule is Cl.Nc1cccc(CN(Cc2cccs2)CC2CCCO2)c1. The predicted molar refractivity (Wildman–Crippen MR) is 95.5 cm³/mol. The van der Waals surface area contributed by atoms with Crippen LogP contribution in [0.3, 0.4) is 0 Å². The van der Waals surface area contributed by atoms with Gasteiger partial charge in [-0.15, -0.1) is 23.7 Å². The predicted octanol–water partition coefficient (Wildman–Crippen LogP) is 3.93. The number of nitrogens with two attached hydrogens (primary N) is 1. The van der Waals surface area contributed by atoms with Crippen molar-refractivity contribution in [1.82, 2.24) is 4.90 Å². The second-order valence-corrected chi connectivity index (χ2v) is 6.66. The summed E-state index contributed by atoms with van der Waals surface area (Å²) in [6, 6.07) is 12.5. The highest BCUT2D eigenvalue weighted by Gasteiger charge is 2.19. The molecular weight excluding hydrogens is 316 g/mol. The second kappa shape index (κ2) is 8.53. The molecule has 1 aliphatic heterocycles. The van der Waals surface area contributed by atoms with Crippen LogP contribution in [-0.2, 0) is 17.8 Å². The molecule has 1 fully saturated rings. The topological polar surface area (TPSA) is 38.5 Å². The number of hydrogen-bond acceptors (Lipinski definition) is 4. The van der Waals surface area contributed by atoms with Gasteiger partial charge in [-0.3, -0.25) is 4.90 Å². The molecule has 0 amide bonds. The summed E-state index contributed by atoms with van der Waals surface area (Å²) in [5.41, 5.74) is 7.99. The Bertz CT molecular complexity index is 556. The number of hydrogen-bond donors (Lipinski definition) is 1. The van der Waals surface area contributed by atoms with E-state index in [1.807, 2.05) is 23.5 Å². The number of ether oxygens (including phenoxy) is 1. The molecule has 0 spiro atoms. The van der Waals surface area contributed by atoms with Crippen LogP contribution in [0.4, 0.5) is 5.69 Å². The summed E-state index contributed by atoms with van der Waals surface area (Å²) in [6.45, 7) is 3.80. The van der Waals surface area contributed by atoms with E-state index in [1.54, 1.807) is 0 Å². The second-order valence-electron chi connectivity index (χ2n) is 5.63. The number of rotatable bonds is 6. The Labute approximate surface area is 142 Å². The van der Waals surface area contributed by atoms with Crippen LogP contribution in [0.1, 0.15) is 23.3 Å². The van der Waals surface area contributed by atoms with Crippen molar-refractivity contribution in [3.8, 4) is 0 Å². The van der Waals surface area contributed by atoms with Crippen LogP contribution in [0.25, 0.3) is 0 Å². The van der Waals surface area contributed by atoms with Gasteiger partial charge < -0.3 is 10.5 Å². The van der Waals surface area contributed by atoms with Gasteiger partial charge in [0.1, 0.15) is 0 Å². The molecule has 1 saturated heterocycles. The van der Waals surface area contributed by atoms with Crippen molar-refractivity contribution < 1.29 is 4.74 Å². The molecule has 3 nitrogen and oxygen atoms in total. The Kier molecular flexibility index (Phi) is 6.70. The Morgan fingerprint density at radius 2 is 2.14 bits per heavy atom. The quantitative estimate of drug-likeness (QED) is 0.811. The lowest BCUT2D eigenvalue weighted by atomic mass is 10.1. The van der Waals surface area contributed by atoms with E-state index in [1.165, 1.54) is 23.3 Å². The van der Waals surface area contributed by atoms with Crippen LogP contribution in [-0.4, -0.2) is 24.2 Å². The summed E-state index contributed by atoms with van der Waals surface area (Å²) in [4.78, 5) is 3.87. The van der Waals surface area contributed by atoms with E-state index in [4.69, 9.17) is 10.5 Å². The van der Waals surface area contributed by atoms with Gasteiger partial charge in [0.15, 0.2) is 0 Å². The fourth-order valence-electron chi connectivity index (χ4n) is 2.83. The summed E-state index contributed by atoms with van der Waals surface area (Å²) in [5, 5.41) is 2.14. The van der Waals surface area contributed by atoms with Crippen LogP contribution in [0.5, 0.6) is 0 Å². The molecule has 0 saturated carbocycles. The first-order valence-corrected chi connectivity index (χ1v) is 8.38. The number of nitrogens with zero attached hydrogens (tertiary/aromatic N) is 1. The summed E-state index contributed by atoms with van der Waals surface area (Å²) >= 11 is 1.82. The summed E-state index contributed by atoms with van der Waals surface area (Å²) in [7, 11) is 0. The van der Waals surface area contributed by atoms with E-state index in [0.29, 0.717) is 6.10 Å². The first-order valence-electron chi connectivity index (χ1n) is 7.50. The average Bonchev–Trinajstić information content (AvgIpc) is 3.12. The third-order valence-electron chi connectivity index (χ3n) is 3.80. The highest BCUT2D eigenvalue weighted by atomic mass is 35.5. The zero-order chi connectivity index (χ0) is 14.5. The molecule has 1 aliphatic rings. The van der Waals surface area contributed by atoms with E-state index < -0.39 is 0 Å². The first-order chi connectivity index (χ1) is 10.3. The van der Waals surface area contributed by atoms with Crippen molar-refractivity contribution in [2.75, 3.05) is 18.9 Å². The van der Waals surface area contributed by atoms with E-state index in [9.17, 15) is 0 Å². The maximum Gasteiger partial charge on any atom is 0.0703 e. The number of benzene rings is 1. The molecule has 1 unspecified atom stereocenters. The molecule has 3 rings (SSSR count). The van der Waals surface area contributed by atoms with Gasteiger partial charge in [0.2, 0.25) is 0 Å². The average molecular weight is 339 g/mol. The first kappa shape index (κ1) is 17.3. The van der Waals surface area contributed by atoms with Crippen molar-refractivity contribution >= 4 is 29.4 Å². The van der Waals surface area contributed by atoms with Crippen LogP contribution in [0, 0.1) is 0 Å². The van der Waals surface area contributed by atoms with Crippen molar-refractivity contribution in [1.29, 1.82) is 0 Å². The summed E-state index contributed by atoms with van der Waals surface area (Å²) < 4.78 is 5.80. The smallest absolute Gasteiger partial charge is 0.0703 e. The molecule has 1 aromatic carbocycles. The molecule has 1 atom stereocenters. The van der Waals surface area contributed by atoms with Crippen molar-refractivity contribution in [2.45, 2.75) is 32.0 Å². The van der Waals surface area contributed by atoms with Gasteiger partial charge in [-0.2, -0.15) is 0 Å². The molecular formula is C17H23ClN2OS. The van der Waals surface area contributed by atoms with E-state index in [-0.39, 0.29) is 12.4 Å². The summed E-state index contributed by atoms with van der Waals surface area (Å²) in [5.74, 6) is 0. The minimum Gasteiger partial charge on any atom is -0.399 e. The van der Waals surface area contributed by atoms with Gasteiger partial charge in [0.25, 0.3) is 0 Å². The van der Waals surface area contributed by atoms with Gasteiger partial charge in [-0.05, 0) is 42.0 Å². The van der Waals surface area contributed by atoms with Crippen LogP contribution in [0.15, 0.2) is 41.8 Å². The minimum atomic E-state index is 0. The van der Waals surface area contributed by atoms with Crippen molar-refractivity contribution in [3.63, 3.8) is 0 Å². The number of halogens is 1. The molecule has 2 N–H and O–H groups in total. The maximum atomic E-state index is 5.89. The Morgan fingerprint density at radius 1 is 1.23 bits per heavy atom. The van der Waals surface area contributed by atoms with Gasteiger partial charge in [-0.25, -0.2) is 0 Å². The third kappa shape index (κ3) is 4.99. The summed E-state index contributed by atoms with van der Waals surface area (Å²) in [6.07, 6.45) is 2.75. The number of nitrogen functional groups attached to an aromatic ring is 1. The highest BCUT2D eigenvalue weighted by molar-refractivity contribution is 7.09. The molecule has 0 bridgehead atoms. The lowest BCUT2D eigenvalue weighted by Gasteiger charge is -2.25. The number of anilines is 1. The van der Waals surface area contributed by atoms with Crippen LogP contribution < -0.4 is 5.73 Å². The monoisotopic (exact) mass is 338 g/mol. The molecule has 120 valence electrons. The van der Waals surface area contributed by atoms with Crippen LogP contribution in [0.2, 0.25) is 0 Å². The van der Waals surface area contributed by atoms with E-state index in [0.717, 1.165) is 31.9 Å². The molecule has 2 heterocycles. The van der Waals surface area contributed by atoms with Gasteiger partial charge in [0, 0.05) is 36.8 Å². The van der Waals surface area contributed by atoms with Crippen LogP contribution >= 0.6 is 23.7 Å². The lowest BCUT2D eigenvalue weighted by Crippen LogP contribution is -2.31. The van der Waals surface area contributed by atoms with E-state index >= 15 is 0 Å². The lowest BCUT2D eigenvalue weighted by molar-refractivity contribution is 0.0682. The van der Waals surface area contributed by atoms with Gasteiger partial charge >= 0.3 is 0 Å². The van der Waals surface area contributed by atoms with Gasteiger partial charge in [-0.1, -0.05) is 18.2 Å². The Morgan fingerprint density at radius 3 is 2.82 bits per heavy atom. The molecule has 5 heteroatoms. The van der Waals surface area contributed by atoms with Crippen molar-refractivity contribution in [3.05, 3.63) is 52.2 Å². The number of thiophene rings is 1. The fourth-order valence-corrected chi connectivity index (χ4v) is 3.58. The molecule has 1 aromatic heterocycles. The highest BCUT2D eigenvalue weighted by Crippen LogP contribution is 2.19. The third-order valence-corrected chi connectivity index (χ3v) is 4.66. The maximum absolute atomic E-state index is 5.89. The molecule has 0 radical (unpaired) electrons. The van der Waals surface area contributed by atoms with Crippen molar-refractivity contribution in [2.24, 2.45) is 0 Å². The Hall–Kier alpha value is -1.07. The molecule has 22 heavy (non-hydrogen) atoms. The zero-order valence-corrected chi connectivity index (χ0v) is 14.2. The Balaban J connectivity index is 0.00000176. The largest absolute Gasteiger partial charge is 0.399 e. The minimum absolute atomic E-state index is 0. The van der Waals surface area contributed by atoms with Gasteiger partial charge in [0.05, 0.1) is 6.10 Å². The molecule has 2 aromatic rings. The normalized spacial score (nSPS) is 17.6. The fraction of sp³-hybridized carbons (Fsp3) is 0.412. The molecule has 0 aliphatic carbocycles.